The Morgan fingerprint density at radius 3 is 2.80 bits per heavy atom. The molecule has 3 rings (SSSR count). The van der Waals surface area contributed by atoms with Crippen molar-refractivity contribution in [2.24, 2.45) is 0 Å². The molecule has 0 aliphatic rings. The van der Waals surface area contributed by atoms with Gasteiger partial charge in [0, 0.05) is 37.1 Å². The van der Waals surface area contributed by atoms with Crippen LogP contribution in [0.5, 0.6) is 5.75 Å². The Balaban J connectivity index is 2.14. The summed E-state index contributed by atoms with van der Waals surface area (Å²) < 4.78 is 36.9. The van der Waals surface area contributed by atoms with E-state index in [1.54, 1.807) is 0 Å². The molecule has 0 bridgehead atoms. The van der Waals surface area contributed by atoms with Crippen LogP contribution in [0, 0.1) is 11.3 Å². The molecule has 2 aromatic heterocycles. The molecule has 1 aromatic carbocycles. The minimum atomic E-state index is -3.86. The van der Waals surface area contributed by atoms with Gasteiger partial charge in [-0.15, -0.1) is 0 Å². The maximum Gasteiger partial charge on any atom is 0.513 e. The number of sulfonamides is 1. The highest BCUT2D eigenvalue weighted by atomic mass is 32.2. The molecule has 10 nitrogen and oxygen atoms in total. The lowest BCUT2D eigenvalue weighted by atomic mass is 10.1. The predicted molar refractivity (Wildman–Crippen MR) is 109 cm³/mol. The summed E-state index contributed by atoms with van der Waals surface area (Å²) in [7, 11) is -2.48. The van der Waals surface area contributed by atoms with Gasteiger partial charge < -0.3 is 19.4 Å². The van der Waals surface area contributed by atoms with Crippen molar-refractivity contribution in [1.82, 2.24) is 14.3 Å². The van der Waals surface area contributed by atoms with E-state index >= 15 is 0 Å². The molecule has 0 aliphatic heterocycles. The molecule has 0 unspecified atom stereocenters. The van der Waals surface area contributed by atoms with Gasteiger partial charge in [0.1, 0.15) is 5.52 Å². The second-order valence-electron chi connectivity index (χ2n) is 6.50. The van der Waals surface area contributed by atoms with E-state index in [1.165, 1.54) is 31.4 Å². The van der Waals surface area contributed by atoms with E-state index in [0.29, 0.717) is 17.3 Å². The first kappa shape index (κ1) is 21.4. The third kappa shape index (κ3) is 4.00. The molecule has 2 heterocycles. The van der Waals surface area contributed by atoms with Crippen molar-refractivity contribution in [3.8, 4) is 11.8 Å². The van der Waals surface area contributed by atoms with Crippen molar-refractivity contribution in [1.29, 1.82) is 5.26 Å². The highest BCUT2D eigenvalue weighted by Crippen LogP contribution is 2.32. The Labute approximate surface area is 172 Å². The molecule has 0 atom stereocenters. The zero-order valence-corrected chi connectivity index (χ0v) is 17.2. The molecular weight excluding hydrogens is 412 g/mol. The van der Waals surface area contributed by atoms with E-state index in [9.17, 15) is 18.0 Å². The van der Waals surface area contributed by atoms with E-state index in [0.717, 1.165) is 4.31 Å². The van der Waals surface area contributed by atoms with Gasteiger partial charge in [0.15, 0.2) is 5.75 Å². The number of hydrogen-bond acceptors (Lipinski definition) is 7. The van der Waals surface area contributed by atoms with Gasteiger partial charge in [-0.1, -0.05) is 6.92 Å². The van der Waals surface area contributed by atoms with Gasteiger partial charge in [0.2, 0.25) is 10.0 Å². The summed E-state index contributed by atoms with van der Waals surface area (Å²) in [4.78, 5) is 29.6. The molecule has 0 aliphatic carbocycles. The lowest BCUT2D eigenvalue weighted by molar-refractivity contribution is 0.0997. The van der Waals surface area contributed by atoms with Crippen LogP contribution in [0.1, 0.15) is 19.8 Å². The van der Waals surface area contributed by atoms with Gasteiger partial charge in [-0.2, -0.15) is 9.57 Å². The number of aromatic nitrogens is 2. The molecule has 0 fully saturated rings. The average Bonchev–Trinajstić information content (AvgIpc) is 3.14. The summed E-state index contributed by atoms with van der Waals surface area (Å²) in [6.45, 7) is 2.06. The number of hydrogen-bond donors (Lipinski definition) is 2. The van der Waals surface area contributed by atoms with Crippen LogP contribution in [0.2, 0.25) is 0 Å². The fraction of sp³-hybridized carbons (Fsp3) is 0.316. The van der Waals surface area contributed by atoms with Gasteiger partial charge in [-0.3, -0.25) is 4.79 Å². The van der Waals surface area contributed by atoms with E-state index in [1.807, 2.05) is 13.0 Å². The van der Waals surface area contributed by atoms with Crippen LogP contribution in [-0.4, -0.2) is 49.0 Å². The first-order chi connectivity index (χ1) is 14.3. The SMILES string of the molecule is CCCOC(=O)Oc1c[nH]c2c(=O)[nH]c3ccc(S(=O)(=O)N(C)CCC#N)cc3c12. The second-order valence-corrected chi connectivity index (χ2v) is 8.54. The van der Waals surface area contributed by atoms with Gasteiger partial charge >= 0.3 is 6.16 Å². The number of ether oxygens (including phenoxy) is 2. The number of carbonyl (C=O) groups excluding carboxylic acids is 1. The van der Waals surface area contributed by atoms with Gasteiger partial charge in [0.25, 0.3) is 5.56 Å². The van der Waals surface area contributed by atoms with Crippen molar-refractivity contribution < 1.29 is 22.7 Å². The van der Waals surface area contributed by atoms with Crippen molar-refractivity contribution >= 4 is 38.0 Å². The first-order valence-corrected chi connectivity index (χ1v) is 10.6. The normalized spacial score (nSPS) is 11.7. The van der Waals surface area contributed by atoms with Crippen molar-refractivity contribution in [3.05, 3.63) is 34.7 Å². The van der Waals surface area contributed by atoms with Gasteiger partial charge in [-0.25, -0.2) is 13.2 Å². The fourth-order valence-electron chi connectivity index (χ4n) is 2.93. The summed E-state index contributed by atoms with van der Waals surface area (Å²) in [5.74, 6) is 0.0505. The molecular formula is C19H20N4O6S. The molecule has 30 heavy (non-hydrogen) atoms. The third-order valence-electron chi connectivity index (χ3n) is 4.44. The van der Waals surface area contributed by atoms with Gasteiger partial charge in [0.05, 0.1) is 23.0 Å². The quantitative estimate of drug-likeness (QED) is 0.545. The lowest BCUT2D eigenvalue weighted by Gasteiger charge is -2.16. The zero-order chi connectivity index (χ0) is 21.9. The van der Waals surface area contributed by atoms with Crippen LogP contribution in [-0.2, 0) is 14.8 Å². The molecule has 0 radical (unpaired) electrons. The molecule has 11 heteroatoms. The second kappa shape index (κ2) is 8.56. The average molecular weight is 432 g/mol. The molecule has 0 saturated carbocycles. The summed E-state index contributed by atoms with van der Waals surface area (Å²) in [5, 5.41) is 9.35. The zero-order valence-electron chi connectivity index (χ0n) is 16.4. The van der Waals surface area contributed by atoms with E-state index in [2.05, 4.69) is 9.97 Å². The number of pyridine rings is 1. The first-order valence-electron chi connectivity index (χ1n) is 9.14. The number of carbonyl (C=O) groups is 1. The van der Waals surface area contributed by atoms with Crippen LogP contribution in [0.15, 0.2) is 34.1 Å². The Morgan fingerprint density at radius 1 is 1.33 bits per heavy atom. The van der Waals surface area contributed by atoms with Crippen molar-refractivity contribution in [2.45, 2.75) is 24.7 Å². The summed E-state index contributed by atoms with van der Waals surface area (Å²) in [6, 6.07) is 6.13. The van der Waals surface area contributed by atoms with E-state index in [-0.39, 0.29) is 41.1 Å². The molecule has 2 N–H and O–H groups in total. The summed E-state index contributed by atoms with van der Waals surface area (Å²) in [6.07, 6.45) is 1.08. The van der Waals surface area contributed by atoms with Crippen LogP contribution in [0.3, 0.4) is 0 Å². The fourth-order valence-corrected chi connectivity index (χ4v) is 4.13. The number of rotatable bonds is 7. The van der Waals surface area contributed by atoms with Crippen LogP contribution in [0.4, 0.5) is 4.79 Å². The van der Waals surface area contributed by atoms with Crippen LogP contribution >= 0.6 is 0 Å². The molecule has 0 amide bonds. The highest BCUT2D eigenvalue weighted by molar-refractivity contribution is 7.89. The summed E-state index contributed by atoms with van der Waals surface area (Å²) in [5.41, 5.74) is 0.0571. The molecule has 0 spiro atoms. The minimum absolute atomic E-state index is 0.0236. The molecule has 158 valence electrons. The highest BCUT2D eigenvalue weighted by Gasteiger charge is 2.23. The number of nitrogens with one attached hydrogen (secondary N) is 2. The maximum absolute atomic E-state index is 12.8. The number of aromatic amines is 2. The number of nitrogens with zero attached hydrogens (tertiary/aromatic N) is 2. The molecule has 0 saturated heterocycles. The maximum atomic E-state index is 12.8. The Morgan fingerprint density at radius 2 is 2.10 bits per heavy atom. The van der Waals surface area contributed by atoms with Crippen molar-refractivity contribution in [3.63, 3.8) is 0 Å². The largest absolute Gasteiger partial charge is 0.513 e. The minimum Gasteiger partial charge on any atom is -0.434 e. The molecule has 3 aromatic rings. The van der Waals surface area contributed by atoms with E-state index < -0.39 is 21.7 Å². The van der Waals surface area contributed by atoms with Crippen LogP contribution in [0.25, 0.3) is 21.8 Å². The standard InChI is InChI=1S/C19H20N4O6S/c1-3-9-28-19(25)29-15-11-21-17-16(15)13-10-12(5-6-14(13)22-18(17)24)30(26,27)23(2)8-4-7-20/h5-6,10-11,21H,3-4,8-9H2,1-2H3,(H,22,24). The number of nitriles is 1. The Bertz CT molecular complexity index is 1300. The van der Waals surface area contributed by atoms with Crippen molar-refractivity contribution in [2.75, 3.05) is 20.2 Å². The van der Waals surface area contributed by atoms with Crippen LogP contribution < -0.4 is 10.3 Å². The number of fused-ring (bicyclic) bond motifs is 3. The predicted octanol–water partition coefficient (Wildman–Crippen LogP) is 2.47. The lowest BCUT2D eigenvalue weighted by Crippen LogP contribution is -2.27. The Hall–Kier alpha value is -3.36. The van der Waals surface area contributed by atoms with Gasteiger partial charge in [-0.05, 0) is 24.6 Å². The Kier molecular flexibility index (Phi) is 6.09. The third-order valence-corrected chi connectivity index (χ3v) is 6.30. The van der Waals surface area contributed by atoms with E-state index in [4.69, 9.17) is 14.7 Å². The topological polar surface area (TPSA) is 145 Å². The smallest absolute Gasteiger partial charge is 0.434 e. The summed E-state index contributed by atoms with van der Waals surface area (Å²) >= 11 is 0. The number of benzene rings is 1. The number of H-pyrrole nitrogens is 2. The monoisotopic (exact) mass is 432 g/mol.